The molecule has 1 amide bonds. The lowest BCUT2D eigenvalue weighted by Gasteiger charge is -2.52. The molecular weight excluding hydrogens is 522 g/mol. The third-order valence-corrected chi connectivity index (χ3v) is 8.35. The Hall–Kier alpha value is -3.61. The molecule has 1 aromatic carbocycles. The van der Waals surface area contributed by atoms with Gasteiger partial charge in [-0.15, -0.1) is 0 Å². The van der Waals surface area contributed by atoms with Crippen LogP contribution < -0.4 is 10.6 Å². The van der Waals surface area contributed by atoms with E-state index in [4.69, 9.17) is 15.2 Å². The Morgan fingerprint density at radius 1 is 1.12 bits per heavy atom. The van der Waals surface area contributed by atoms with Crippen molar-refractivity contribution in [3.05, 3.63) is 45.4 Å². The van der Waals surface area contributed by atoms with Crippen molar-refractivity contribution in [2.75, 3.05) is 53.4 Å². The van der Waals surface area contributed by atoms with Gasteiger partial charge >= 0.3 is 5.97 Å². The van der Waals surface area contributed by atoms with Crippen LogP contribution in [0.25, 0.3) is 0 Å². The second-order valence-electron chi connectivity index (χ2n) is 11.3. The largest absolute Gasteiger partial charge is 0.511 e. The van der Waals surface area contributed by atoms with Crippen LogP contribution in [-0.2, 0) is 20.7 Å². The predicted molar refractivity (Wildman–Crippen MR) is 144 cm³/mol. The number of hydrogen-bond acceptors (Lipinski definition) is 11. The van der Waals surface area contributed by atoms with E-state index < -0.39 is 64.1 Å². The number of esters is 1. The number of aromatic hydroxyl groups is 1. The molecule has 0 aromatic heterocycles. The molecule has 4 rings (SSSR count). The average Bonchev–Trinajstić information content (AvgIpc) is 2.82. The van der Waals surface area contributed by atoms with Gasteiger partial charge in [-0.1, -0.05) is 0 Å². The number of carbonyl (C=O) groups is 3. The number of fused-ring (bicyclic) bond motifs is 3. The number of likely N-dealkylation sites (N-methyl/N-ethyl adjacent to an activating group) is 1. The van der Waals surface area contributed by atoms with Crippen LogP contribution in [0.5, 0.6) is 5.75 Å². The van der Waals surface area contributed by atoms with Crippen LogP contribution in [0.4, 0.5) is 5.69 Å². The van der Waals surface area contributed by atoms with Crippen LogP contribution in [0.3, 0.4) is 0 Å². The Balaban J connectivity index is 1.91. The second-order valence-corrected chi connectivity index (χ2v) is 11.3. The number of nitrogens with zero attached hydrogens (tertiary/aromatic N) is 2. The lowest BCUT2D eigenvalue weighted by Crippen LogP contribution is -2.59. The molecule has 12 heteroatoms. The van der Waals surface area contributed by atoms with E-state index in [1.54, 1.807) is 38.0 Å². The first-order valence-electron chi connectivity index (χ1n) is 13.0. The molecule has 0 spiro atoms. The minimum atomic E-state index is -2.08. The molecule has 0 bridgehead atoms. The molecule has 0 radical (unpaired) electrons. The van der Waals surface area contributed by atoms with Crippen LogP contribution in [-0.4, -0.2) is 103 Å². The zero-order valence-electron chi connectivity index (χ0n) is 23.5. The number of phenolic OH excluding ortho intramolecular Hbond substituents is 1. The zero-order chi connectivity index (χ0) is 29.8. The Morgan fingerprint density at radius 3 is 2.33 bits per heavy atom. The molecule has 0 saturated heterocycles. The number of methoxy groups -OCH3 is 1. The average molecular weight is 560 g/mol. The fourth-order valence-corrected chi connectivity index (χ4v) is 6.79. The first-order valence-corrected chi connectivity index (χ1v) is 13.0. The monoisotopic (exact) mass is 559 g/mol. The summed E-state index contributed by atoms with van der Waals surface area (Å²) in [7, 11) is 8.33. The van der Waals surface area contributed by atoms with Gasteiger partial charge < -0.3 is 40.5 Å². The van der Waals surface area contributed by atoms with Crippen LogP contribution in [0.15, 0.2) is 28.7 Å². The van der Waals surface area contributed by atoms with E-state index in [-0.39, 0.29) is 48.5 Å². The van der Waals surface area contributed by atoms with Crippen molar-refractivity contribution in [3.8, 4) is 5.75 Å². The Kier molecular flexibility index (Phi) is 7.65. The second kappa shape index (κ2) is 10.4. The highest BCUT2D eigenvalue weighted by Crippen LogP contribution is 2.55. The van der Waals surface area contributed by atoms with Gasteiger partial charge in [0.05, 0.1) is 29.7 Å². The van der Waals surface area contributed by atoms with Crippen molar-refractivity contribution >= 4 is 23.3 Å². The molecule has 0 aliphatic heterocycles. The van der Waals surface area contributed by atoms with Gasteiger partial charge in [-0.2, -0.15) is 0 Å². The fraction of sp³-hybridized carbons (Fsp3) is 0.536. The third-order valence-electron chi connectivity index (χ3n) is 8.35. The molecule has 0 heterocycles. The lowest BCUT2D eigenvalue weighted by atomic mass is 9.57. The van der Waals surface area contributed by atoms with E-state index in [9.17, 15) is 34.8 Å². The first-order chi connectivity index (χ1) is 18.7. The highest BCUT2D eigenvalue weighted by molar-refractivity contribution is 6.16. The summed E-state index contributed by atoms with van der Waals surface area (Å²) in [5.41, 5.74) is 3.71. The van der Waals surface area contributed by atoms with Crippen molar-refractivity contribution in [2.45, 2.75) is 31.4 Å². The van der Waals surface area contributed by atoms with E-state index in [1.807, 2.05) is 0 Å². The summed E-state index contributed by atoms with van der Waals surface area (Å²) in [5, 5.41) is 45.4. The topological polar surface area (TPSA) is 183 Å². The SMILES string of the molecule is COCCOC(=O)c1cc(N(C)C)c2c(c1O)C(=O)C1=C(O)C3C(CC1C2)[C@H](N(C)C)C(O)=C(C(N)=O)[C@]3(C)O. The maximum Gasteiger partial charge on any atom is 0.342 e. The number of amides is 1. The van der Waals surface area contributed by atoms with Gasteiger partial charge in [0.1, 0.15) is 35.0 Å². The van der Waals surface area contributed by atoms with Crippen molar-refractivity contribution in [1.82, 2.24) is 4.90 Å². The van der Waals surface area contributed by atoms with Gasteiger partial charge in [-0.3, -0.25) is 14.5 Å². The summed E-state index contributed by atoms with van der Waals surface area (Å²) in [6.45, 7) is 1.37. The zero-order valence-corrected chi connectivity index (χ0v) is 23.5. The molecule has 3 aliphatic rings. The molecule has 1 aromatic rings. The number of ketones is 1. The number of allylic oxidation sites excluding steroid dienone is 1. The number of ether oxygens (including phenoxy) is 2. The number of aliphatic hydroxyl groups is 3. The number of phenols is 1. The highest BCUT2D eigenvalue weighted by atomic mass is 16.6. The molecule has 3 aliphatic carbocycles. The smallest absolute Gasteiger partial charge is 0.342 e. The third kappa shape index (κ3) is 4.40. The van der Waals surface area contributed by atoms with Crippen molar-refractivity contribution < 1.29 is 44.3 Å². The molecule has 6 N–H and O–H groups in total. The summed E-state index contributed by atoms with van der Waals surface area (Å²) in [4.78, 5) is 42.6. The molecule has 0 fully saturated rings. The van der Waals surface area contributed by atoms with Crippen LogP contribution >= 0.6 is 0 Å². The molecule has 3 unspecified atom stereocenters. The maximum atomic E-state index is 14.1. The maximum absolute atomic E-state index is 14.1. The first kappa shape index (κ1) is 29.4. The summed E-state index contributed by atoms with van der Waals surface area (Å²) >= 11 is 0. The van der Waals surface area contributed by atoms with E-state index in [2.05, 4.69) is 0 Å². The van der Waals surface area contributed by atoms with Gasteiger partial charge in [0, 0.05) is 32.5 Å². The number of aliphatic hydroxyl groups excluding tert-OH is 2. The van der Waals surface area contributed by atoms with Crippen LogP contribution in [0, 0.1) is 17.8 Å². The van der Waals surface area contributed by atoms with Gasteiger partial charge in [0.2, 0.25) is 0 Å². The summed E-state index contributed by atoms with van der Waals surface area (Å²) in [6, 6.07) is 0.706. The molecule has 12 nitrogen and oxygen atoms in total. The number of hydrogen-bond donors (Lipinski definition) is 5. The number of nitrogens with two attached hydrogens (primary N) is 1. The number of benzene rings is 1. The van der Waals surface area contributed by atoms with Crippen LogP contribution in [0.2, 0.25) is 0 Å². The summed E-state index contributed by atoms with van der Waals surface area (Å²) < 4.78 is 10.1. The van der Waals surface area contributed by atoms with Gasteiger partial charge in [0.15, 0.2) is 5.78 Å². The number of anilines is 1. The van der Waals surface area contributed by atoms with E-state index in [0.29, 0.717) is 11.3 Å². The molecule has 218 valence electrons. The van der Waals surface area contributed by atoms with E-state index in [0.717, 1.165) is 0 Å². The highest BCUT2D eigenvalue weighted by Gasteiger charge is 2.59. The summed E-state index contributed by atoms with van der Waals surface area (Å²) in [5.74, 6) is -6.19. The van der Waals surface area contributed by atoms with Crippen molar-refractivity contribution in [3.63, 3.8) is 0 Å². The Morgan fingerprint density at radius 2 is 1.77 bits per heavy atom. The number of primary amides is 1. The Bertz CT molecular complexity index is 1330. The van der Waals surface area contributed by atoms with E-state index in [1.165, 1.54) is 20.1 Å². The fourth-order valence-electron chi connectivity index (χ4n) is 6.79. The van der Waals surface area contributed by atoms with Crippen molar-refractivity contribution in [2.24, 2.45) is 23.5 Å². The van der Waals surface area contributed by atoms with Gasteiger partial charge in [-0.25, -0.2) is 4.79 Å². The minimum absolute atomic E-state index is 0.0124. The van der Waals surface area contributed by atoms with Gasteiger partial charge in [-0.05, 0) is 57.3 Å². The molecule has 0 saturated carbocycles. The lowest BCUT2D eigenvalue weighted by molar-refractivity contribution is -0.120. The quantitative estimate of drug-likeness (QED) is 0.238. The van der Waals surface area contributed by atoms with Crippen molar-refractivity contribution in [1.29, 1.82) is 0 Å². The number of rotatable bonds is 7. The Labute approximate surface area is 232 Å². The number of Topliss-reactive ketones (excluding diaryl/α,β-unsaturated/α-hetero) is 1. The van der Waals surface area contributed by atoms with Gasteiger partial charge in [0.25, 0.3) is 5.91 Å². The standard InChI is InChI=1S/C28H37N3O9/c1-28(38)19-14(21(31(4)5)25(35)20(28)26(29)36)10-12-9-13-16(30(2)3)11-15(27(37)40-8-7-39-6)22(32)18(13)23(33)17(12)24(19)34/h11-12,14,19,21,32,34-35,38H,7-10H2,1-6H3,(H2,29,36)/t12?,14?,19?,21-,28+/m0/s1. The van der Waals surface area contributed by atoms with E-state index >= 15 is 0 Å². The summed E-state index contributed by atoms with van der Waals surface area (Å²) in [6.07, 6.45) is 0.512. The molecule has 40 heavy (non-hydrogen) atoms. The number of carbonyl (C=O) groups excluding carboxylic acids is 3. The normalized spacial score (nSPS) is 27.8. The van der Waals surface area contributed by atoms with Crippen LogP contribution in [0.1, 0.15) is 39.6 Å². The molecular formula is C28H37N3O9. The molecule has 5 atom stereocenters. The predicted octanol–water partition coefficient (Wildman–Crippen LogP) is 1.06. The minimum Gasteiger partial charge on any atom is -0.511 e.